The zero-order valence-electron chi connectivity index (χ0n) is 13.4. The van der Waals surface area contributed by atoms with Gasteiger partial charge in [-0.2, -0.15) is 5.10 Å². The molecule has 0 spiro atoms. The van der Waals surface area contributed by atoms with E-state index < -0.39 is 15.7 Å². The van der Waals surface area contributed by atoms with Crippen molar-refractivity contribution in [3.8, 4) is 0 Å². The number of rotatable bonds is 4. The summed E-state index contributed by atoms with van der Waals surface area (Å²) in [6, 6.07) is 6.76. The molecule has 9 heteroatoms. The Hall–Kier alpha value is -2.68. The fourth-order valence-electron chi connectivity index (χ4n) is 2.31. The van der Waals surface area contributed by atoms with Crippen LogP contribution in [0.1, 0.15) is 35.9 Å². The summed E-state index contributed by atoms with van der Waals surface area (Å²) < 4.78 is 25.2. The molecular weight excluding hydrogens is 330 g/mol. The molecule has 3 rings (SSSR count). The Morgan fingerprint density at radius 2 is 2.08 bits per heavy atom. The predicted molar refractivity (Wildman–Crippen MR) is 88.9 cm³/mol. The van der Waals surface area contributed by atoms with Crippen LogP contribution in [0.25, 0.3) is 5.52 Å². The van der Waals surface area contributed by atoms with E-state index in [0.717, 1.165) is 11.9 Å². The molecule has 24 heavy (non-hydrogen) atoms. The van der Waals surface area contributed by atoms with Gasteiger partial charge in [-0.15, -0.1) is 0 Å². The number of aromatic amines is 1. The number of H-pyrrole nitrogens is 1. The molecular formula is C15H17N5O3S. The largest absolute Gasteiger partial charge is 0.304 e. The fourth-order valence-corrected chi connectivity index (χ4v) is 3.08. The first kappa shape index (κ1) is 16.2. The highest BCUT2D eigenvalue weighted by molar-refractivity contribution is 7.90. The lowest BCUT2D eigenvalue weighted by Crippen LogP contribution is -2.13. The molecule has 2 N–H and O–H groups in total. The van der Waals surface area contributed by atoms with Gasteiger partial charge in [-0.3, -0.25) is 14.3 Å². The zero-order chi connectivity index (χ0) is 17.5. The molecule has 126 valence electrons. The highest BCUT2D eigenvalue weighted by atomic mass is 32.2. The standard InChI is InChI=1S/C15H17N5O3S/c1-9(2)10-8-12(19-18-10)16-14(21)13-11-6-4-5-7-20(11)15(17-13)24(3,22)23/h4-9H,1-3H3,(H2,16,18,19,21). The van der Waals surface area contributed by atoms with Crippen molar-refractivity contribution < 1.29 is 13.2 Å². The number of fused-ring (bicyclic) bond motifs is 1. The Morgan fingerprint density at radius 1 is 1.33 bits per heavy atom. The van der Waals surface area contributed by atoms with Crippen LogP contribution >= 0.6 is 0 Å². The molecule has 1 amide bonds. The van der Waals surface area contributed by atoms with Crippen molar-refractivity contribution in [2.45, 2.75) is 24.9 Å². The second-order valence-electron chi connectivity index (χ2n) is 5.79. The molecule has 0 aliphatic rings. The summed E-state index contributed by atoms with van der Waals surface area (Å²) in [5, 5.41) is 9.34. The Bertz CT molecular complexity index is 1020. The number of nitrogens with one attached hydrogen (secondary N) is 2. The van der Waals surface area contributed by atoms with Crippen LogP contribution in [0.4, 0.5) is 5.82 Å². The number of amides is 1. The topological polar surface area (TPSA) is 109 Å². The summed E-state index contributed by atoms with van der Waals surface area (Å²) in [5.74, 6) is 0.0884. The molecule has 0 fully saturated rings. The molecule has 0 bridgehead atoms. The first-order valence-electron chi connectivity index (χ1n) is 7.31. The van der Waals surface area contributed by atoms with E-state index >= 15 is 0 Å². The minimum absolute atomic E-state index is 0.0325. The third-order valence-electron chi connectivity index (χ3n) is 3.52. The normalized spacial score (nSPS) is 12.0. The van der Waals surface area contributed by atoms with Crippen molar-refractivity contribution in [1.29, 1.82) is 0 Å². The monoisotopic (exact) mass is 347 g/mol. The Kier molecular flexibility index (Phi) is 3.88. The van der Waals surface area contributed by atoms with Crippen molar-refractivity contribution in [3.63, 3.8) is 0 Å². The van der Waals surface area contributed by atoms with Gasteiger partial charge >= 0.3 is 0 Å². The van der Waals surface area contributed by atoms with E-state index in [0.29, 0.717) is 11.3 Å². The third-order valence-corrected chi connectivity index (χ3v) is 4.48. The Balaban J connectivity index is 2.01. The van der Waals surface area contributed by atoms with Crippen LogP contribution in [-0.2, 0) is 9.84 Å². The summed E-state index contributed by atoms with van der Waals surface area (Å²) in [6.07, 6.45) is 2.61. The van der Waals surface area contributed by atoms with Crippen molar-refractivity contribution in [1.82, 2.24) is 19.6 Å². The van der Waals surface area contributed by atoms with Gasteiger partial charge in [-0.25, -0.2) is 13.4 Å². The molecule has 3 heterocycles. The van der Waals surface area contributed by atoms with Crippen molar-refractivity contribution in [3.05, 3.63) is 41.9 Å². The summed E-state index contributed by atoms with van der Waals surface area (Å²) in [4.78, 5) is 16.5. The van der Waals surface area contributed by atoms with Gasteiger partial charge in [0.05, 0.1) is 5.52 Å². The van der Waals surface area contributed by atoms with Crippen molar-refractivity contribution in [2.75, 3.05) is 11.6 Å². The maximum atomic E-state index is 12.5. The summed E-state index contributed by atoms with van der Waals surface area (Å²) >= 11 is 0. The smallest absolute Gasteiger partial charge is 0.277 e. The van der Waals surface area contributed by atoms with Crippen molar-refractivity contribution in [2.24, 2.45) is 0 Å². The van der Waals surface area contributed by atoms with Gasteiger partial charge in [0.2, 0.25) is 15.0 Å². The fraction of sp³-hybridized carbons (Fsp3) is 0.267. The lowest BCUT2D eigenvalue weighted by atomic mass is 10.1. The summed E-state index contributed by atoms with van der Waals surface area (Å²) in [5.41, 5.74) is 1.33. The number of hydrogen-bond acceptors (Lipinski definition) is 5. The van der Waals surface area contributed by atoms with Gasteiger partial charge in [0.15, 0.2) is 11.5 Å². The van der Waals surface area contributed by atoms with Crippen LogP contribution in [0.2, 0.25) is 0 Å². The van der Waals surface area contributed by atoms with E-state index in [1.54, 1.807) is 30.5 Å². The number of sulfone groups is 1. The first-order chi connectivity index (χ1) is 11.3. The molecule has 0 aliphatic carbocycles. The number of nitrogens with zero attached hydrogens (tertiary/aromatic N) is 3. The van der Waals surface area contributed by atoms with Crippen LogP contribution in [0.15, 0.2) is 35.6 Å². The molecule has 0 unspecified atom stereocenters. The number of hydrogen-bond donors (Lipinski definition) is 2. The molecule has 0 radical (unpaired) electrons. The molecule has 0 aliphatic heterocycles. The van der Waals surface area contributed by atoms with E-state index in [1.165, 1.54) is 4.40 Å². The zero-order valence-corrected chi connectivity index (χ0v) is 14.3. The molecule has 0 aromatic carbocycles. The summed E-state index contributed by atoms with van der Waals surface area (Å²) in [7, 11) is -3.57. The molecule has 0 atom stereocenters. The lowest BCUT2D eigenvalue weighted by Gasteiger charge is -1.99. The molecule has 3 aromatic rings. The number of aromatic nitrogens is 4. The van der Waals surface area contributed by atoms with E-state index in [2.05, 4.69) is 20.5 Å². The second-order valence-corrected chi connectivity index (χ2v) is 7.70. The molecule has 3 aromatic heterocycles. The second kappa shape index (κ2) is 5.75. The van der Waals surface area contributed by atoms with Crippen LogP contribution < -0.4 is 5.32 Å². The van der Waals surface area contributed by atoms with Gasteiger partial charge in [0.1, 0.15) is 0 Å². The van der Waals surface area contributed by atoms with Gasteiger partial charge in [0.25, 0.3) is 5.91 Å². The minimum Gasteiger partial charge on any atom is -0.304 e. The van der Waals surface area contributed by atoms with Crippen LogP contribution in [0.3, 0.4) is 0 Å². The van der Waals surface area contributed by atoms with Crippen LogP contribution in [-0.4, -0.2) is 40.2 Å². The van der Waals surface area contributed by atoms with E-state index in [1.807, 2.05) is 13.8 Å². The summed E-state index contributed by atoms with van der Waals surface area (Å²) in [6.45, 7) is 4.00. The number of anilines is 1. The first-order valence-corrected chi connectivity index (χ1v) is 9.20. The number of pyridine rings is 1. The molecule has 0 saturated heterocycles. The average Bonchev–Trinajstić information content (AvgIpc) is 3.10. The van der Waals surface area contributed by atoms with E-state index in [-0.39, 0.29) is 16.8 Å². The van der Waals surface area contributed by atoms with Crippen LogP contribution in [0.5, 0.6) is 0 Å². The van der Waals surface area contributed by atoms with Gasteiger partial charge < -0.3 is 5.32 Å². The number of carbonyl (C=O) groups excluding carboxylic acids is 1. The SMILES string of the molecule is CC(C)c1cc(NC(=O)c2nc(S(C)(=O)=O)n3ccccc23)n[nH]1. The highest BCUT2D eigenvalue weighted by Gasteiger charge is 2.23. The quantitative estimate of drug-likeness (QED) is 0.748. The van der Waals surface area contributed by atoms with E-state index in [9.17, 15) is 13.2 Å². The number of imidazole rings is 1. The van der Waals surface area contributed by atoms with Crippen LogP contribution in [0, 0.1) is 0 Å². The lowest BCUT2D eigenvalue weighted by molar-refractivity contribution is 0.102. The molecule has 0 saturated carbocycles. The Labute approximate surface area is 138 Å². The average molecular weight is 347 g/mol. The maximum Gasteiger partial charge on any atom is 0.277 e. The third kappa shape index (κ3) is 2.90. The highest BCUT2D eigenvalue weighted by Crippen LogP contribution is 2.19. The van der Waals surface area contributed by atoms with E-state index in [4.69, 9.17) is 0 Å². The number of carbonyl (C=O) groups is 1. The van der Waals surface area contributed by atoms with Gasteiger partial charge in [-0.1, -0.05) is 19.9 Å². The van der Waals surface area contributed by atoms with Crippen molar-refractivity contribution >= 4 is 27.1 Å². The van der Waals surface area contributed by atoms with Gasteiger partial charge in [-0.05, 0) is 18.1 Å². The molecule has 8 nitrogen and oxygen atoms in total. The maximum absolute atomic E-state index is 12.5. The minimum atomic E-state index is -3.57. The predicted octanol–water partition coefficient (Wildman–Crippen LogP) is 1.84. The Morgan fingerprint density at radius 3 is 2.71 bits per heavy atom. The van der Waals surface area contributed by atoms with Gasteiger partial charge in [0, 0.05) is 24.2 Å².